The van der Waals surface area contributed by atoms with Crippen molar-refractivity contribution in [3.63, 3.8) is 0 Å². The Morgan fingerprint density at radius 1 is 1.04 bits per heavy atom. The van der Waals surface area contributed by atoms with Gasteiger partial charge in [0, 0.05) is 43.2 Å². The van der Waals surface area contributed by atoms with Crippen LogP contribution in [0.25, 0.3) is 10.8 Å². The van der Waals surface area contributed by atoms with Crippen LogP contribution in [-0.2, 0) is 0 Å². The van der Waals surface area contributed by atoms with Gasteiger partial charge >= 0.3 is 0 Å². The van der Waals surface area contributed by atoms with Crippen LogP contribution in [0, 0.1) is 0 Å². The van der Waals surface area contributed by atoms with Gasteiger partial charge in [-0.05, 0) is 22.9 Å². The molecule has 26 heavy (non-hydrogen) atoms. The molecule has 0 atom stereocenters. The van der Waals surface area contributed by atoms with E-state index in [1.54, 1.807) is 11.3 Å². The topological polar surface area (TPSA) is 36.4 Å². The van der Waals surface area contributed by atoms with Crippen LogP contribution in [0.4, 0.5) is 5.69 Å². The normalized spacial score (nSPS) is 15.0. The summed E-state index contributed by atoms with van der Waals surface area (Å²) in [6.45, 7) is 7.39. The molecular formula is C21H23N3OS. The van der Waals surface area contributed by atoms with Gasteiger partial charge in [-0.2, -0.15) is 0 Å². The van der Waals surface area contributed by atoms with E-state index in [-0.39, 0.29) is 5.91 Å². The number of carbonyl (C=O) groups excluding carboxylic acids is 1. The molecule has 0 bridgehead atoms. The van der Waals surface area contributed by atoms with Crippen molar-refractivity contribution in [2.24, 2.45) is 0 Å². The molecule has 2 aromatic carbocycles. The van der Waals surface area contributed by atoms with Crippen LogP contribution in [0.1, 0.15) is 35.3 Å². The van der Waals surface area contributed by atoms with E-state index in [0.717, 1.165) is 31.2 Å². The lowest BCUT2D eigenvalue weighted by atomic mass is 10.1. The zero-order chi connectivity index (χ0) is 18.1. The van der Waals surface area contributed by atoms with Crippen molar-refractivity contribution in [3.8, 4) is 0 Å². The minimum atomic E-state index is 0.0614. The number of benzene rings is 2. The smallest absolute Gasteiger partial charge is 0.273 e. The number of amides is 1. The quantitative estimate of drug-likeness (QED) is 0.691. The highest BCUT2D eigenvalue weighted by molar-refractivity contribution is 7.09. The summed E-state index contributed by atoms with van der Waals surface area (Å²) in [5.41, 5.74) is 1.82. The van der Waals surface area contributed by atoms with Gasteiger partial charge < -0.3 is 9.80 Å². The minimum absolute atomic E-state index is 0.0614. The van der Waals surface area contributed by atoms with Gasteiger partial charge in [0.2, 0.25) is 0 Å². The Labute approximate surface area is 158 Å². The Balaban J connectivity index is 1.43. The monoisotopic (exact) mass is 365 g/mol. The number of anilines is 1. The van der Waals surface area contributed by atoms with E-state index in [4.69, 9.17) is 0 Å². The number of piperazine rings is 1. The van der Waals surface area contributed by atoms with Gasteiger partial charge in [-0.3, -0.25) is 4.79 Å². The number of hydrogen-bond acceptors (Lipinski definition) is 4. The molecule has 5 heteroatoms. The Bertz CT molecular complexity index is 926. The first kappa shape index (κ1) is 17.0. The molecule has 4 rings (SSSR count). The first-order valence-electron chi connectivity index (χ1n) is 9.10. The van der Waals surface area contributed by atoms with Crippen molar-refractivity contribution in [1.82, 2.24) is 9.88 Å². The third-order valence-corrected chi connectivity index (χ3v) is 6.05. The molecule has 3 aromatic rings. The first-order valence-corrected chi connectivity index (χ1v) is 9.98. The molecule has 0 N–H and O–H groups in total. The summed E-state index contributed by atoms with van der Waals surface area (Å²) in [4.78, 5) is 21.5. The Hall–Kier alpha value is -2.40. The predicted molar refractivity (Wildman–Crippen MR) is 108 cm³/mol. The van der Waals surface area contributed by atoms with Crippen molar-refractivity contribution < 1.29 is 4.79 Å². The average molecular weight is 366 g/mol. The number of carbonyl (C=O) groups is 1. The number of fused-ring (bicyclic) bond motifs is 1. The van der Waals surface area contributed by atoms with Crippen LogP contribution in [0.2, 0.25) is 0 Å². The highest BCUT2D eigenvalue weighted by Gasteiger charge is 2.24. The maximum absolute atomic E-state index is 12.7. The molecule has 0 radical (unpaired) electrons. The highest BCUT2D eigenvalue weighted by atomic mass is 32.1. The largest absolute Gasteiger partial charge is 0.368 e. The lowest BCUT2D eigenvalue weighted by Crippen LogP contribution is -2.48. The molecule has 0 spiro atoms. The van der Waals surface area contributed by atoms with Crippen LogP contribution in [-0.4, -0.2) is 42.0 Å². The van der Waals surface area contributed by atoms with E-state index >= 15 is 0 Å². The van der Waals surface area contributed by atoms with Crippen LogP contribution in [0.3, 0.4) is 0 Å². The molecule has 0 saturated carbocycles. The van der Waals surface area contributed by atoms with Crippen molar-refractivity contribution in [2.75, 3.05) is 31.1 Å². The van der Waals surface area contributed by atoms with Crippen LogP contribution < -0.4 is 4.90 Å². The van der Waals surface area contributed by atoms with Crippen molar-refractivity contribution >= 4 is 33.7 Å². The van der Waals surface area contributed by atoms with E-state index in [1.807, 2.05) is 10.3 Å². The number of rotatable bonds is 3. The molecule has 0 aliphatic carbocycles. The Morgan fingerprint density at radius 3 is 2.46 bits per heavy atom. The van der Waals surface area contributed by atoms with Crippen LogP contribution in [0.5, 0.6) is 0 Å². The number of aromatic nitrogens is 1. The third-order valence-electron chi connectivity index (χ3n) is 4.90. The molecule has 1 fully saturated rings. The van der Waals surface area contributed by atoms with Gasteiger partial charge in [-0.25, -0.2) is 4.98 Å². The molecule has 134 valence electrons. The second-order valence-corrected chi connectivity index (χ2v) is 7.93. The molecule has 1 amide bonds. The minimum Gasteiger partial charge on any atom is -0.368 e. The summed E-state index contributed by atoms with van der Waals surface area (Å²) in [6, 6.07) is 15.0. The Morgan fingerprint density at radius 2 is 1.77 bits per heavy atom. The maximum atomic E-state index is 12.7. The lowest BCUT2D eigenvalue weighted by molar-refractivity contribution is 0.0741. The molecule has 0 unspecified atom stereocenters. The summed E-state index contributed by atoms with van der Waals surface area (Å²) >= 11 is 1.58. The summed E-state index contributed by atoms with van der Waals surface area (Å²) in [5, 5.41) is 5.44. The fourth-order valence-electron chi connectivity index (χ4n) is 3.35. The maximum Gasteiger partial charge on any atom is 0.273 e. The SMILES string of the molecule is CC(C)c1nc(C(=O)N2CCN(c3ccc4ccccc4c3)CC2)cs1. The molecular weight excluding hydrogens is 342 g/mol. The first-order chi connectivity index (χ1) is 12.6. The zero-order valence-electron chi connectivity index (χ0n) is 15.2. The fraction of sp³-hybridized carbons (Fsp3) is 0.333. The molecule has 1 aliphatic rings. The summed E-state index contributed by atoms with van der Waals surface area (Å²) in [6.07, 6.45) is 0. The van der Waals surface area contributed by atoms with Gasteiger partial charge in [0.1, 0.15) is 5.69 Å². The number of nitrogens with zero attached hydrogens (tertiary/aromatic N) is 3. The molecule has 2 heterocycles. The molecule has 1 aromatic heterocycles. The predicted octanol–water partition coefficient (Wildman–Crippen LogP) is 4.38. The van der Waals surface area contributed by atoms with E-state index in [9.17, 15) is 4.79 Å². The van der Waals surface area contributed by atoms with E-state index in [2.05, 4.69) is 66.2 Å². The highest BCUT2D eigenvalue weighted by Crippen LogP contribution is 2.24. The Kier molecular flexibility index (Phi) is 4.64. The second kappa shape index (κ2) is 7.08. The standard InChI is InChI=1S/C21H23N3OS/c1-15(2)20-22-19(14-26-20)21(25)24-11-9-23(10-12-24)18-8-7-16-5-3-4-6-17(16)13-18/h3-8,13-15H,9-12H2,1-2H3. The van der Waals surface area contributed by atoms with E-state index in [0.29, 0.717) is 11.6 Å². The van der Waals surface area contributed by atoms with Gasteiger partial charge in [0.25, 0.3) is 5.91 Å². The van der Waals surface area contributed by atoms with Crippen molar-refractivity contribution in [1.29, 1.82) is 0 Å². The van der Waals surface area contributed by atoms with Gasteiger partial charge in [0.05, 0.1) is 5.01 Å². The zero-order valence-corrected chi connectivity index (χ0v) is 16.0. The second-order valence-electron chi connectivity index (χ2n) is 7.04. The fourth-order valence-corrected chi connectivity index (χ4v) is 4.16. The van der Waals surface area contributed by atoms with Crippen LogP contribution >= 0.6 is 11.3 Å². The summed E-state index contributed by atoms with van der Waals surface area (Å²) < 4.78 is 0. The van der Waals surface area contributed by atoms with Gasteiger partial charge in [-0.15, -0.1) is 11.3 Å². The number of hydrogen-bond donors (Lipinski definition) is 0. The van der Waals surface area contributed by atoms with Gasteiger partial charge in [0.15, 0.2) is 0 Å². The molecule has 4 nitrogen and oxygen atoms in total. The molecule has 1 aliphatic heterocycles. The molecule has 1 saturated heterocycles. The summed E-state index contributed by atoms with van der Waals surface area (Å²) in [5.74, 6) is 0.428. The van der Waals surface area contributed by atoms with Gasteiger partial charge in [-0.1, -0.05) is 44.2 Å². The van der Waals surface area contributed by atoms with Crippen molar-refractivity contribution in [2.45, 2.75) is 19.8 Å². The lowest BCUT2D eigenvalue weighted by Gasteiger charge is -2.36. The average Bonchev–Trinajstić information content (AvgIpc) is 3.18. The van der Waals surface area contributed by atoms with E-state index < -0.39 is 0 Å². The number of thiazole rings is 1. The van der Waals surface area contributed by atoms with Crippen LogP contribution in [0.15, 0.2) is 47.8 Å². The summed E-state index contributed by atoms with van der Waals surface area (Å²) in [7, 11) is 0. The third kappa shape index (κ3) is 3.31. The van der Waals surface area contributed by atoms with E-state index in [1.165, 1.54) is 16.5 Å². The van der Waals surface area contributed by atoms with Crippen molar-refractivity contribution in [3.05, 3.63) is 58.5 Å².